The molecule has 1 aromatic rings. The summed E-state index contributed by atoms with van der Waals surface area (Å²) in [6.45, 7) is 1.79. The molecular weight excluding hydrogens is 355 g/mol. The van der Waals surface area contributed by atoms with Crippen LogP contribution in [0.25, 0.3) is 0 Å². The van der Waals surface area contributed by atoms with E-state index in [9.17, 15) is 9.18 Å². The Hall–Kier alpha value is -2.37. The topological polar surface area (TPSA) is 86.8 Å². The number of benzene rings is 1. The van der Waals surface area contributed by atoms with Gasteiger partial charge in [0.05, 0.1) is 24.0 Å². The summed E-state index contributed by atoms with van der Waals surface area (Å²) in [7, 11) is 0. The first-order valence-corrected chi connectivity index (χ1v) is 8.26. The van der Waals surface area contributed by atoms with Crippen LogP contribution in [0.2, 0.25) is 5.02 Å². The molecule has 0 saturated carbocycles. The minimum Gasteiger partial charge on any atom is -0.462 e. The van der Waals surface area contributed by atoms with Gasteiger partial charge in [0, 0.05) is 5.56 Å². The summed E-state index contributed by atoms with van der Waals surface area (Å²) >= 11 is 7.06. The van der Waals surface area contributed by atoms with Gasteiger partial charge in [0.1, 0.15) is 11.9 Å². The minimum atomic E-state index is -0.758. The molecule has 0 bridgehead atoms. The lowest BCUT2D eigenvalue weighted by Crippen LogP contribution is -2.14. The number of esters is 1. The number of thioether (sulfide) groups is 1. The Morgan fingerprint density at radius 2 is 2.33 bits per heavy atom. The molecule has 0 aromatic heterocycles. The van der Waals surface area contributed by atoms with Gasteiger partial charge in [-0.3, -0.25) is 5.43 Å². The lowest BCUT2D eigenvalue weighted by Gasteiger charge is -2.02. The van der Waals surface area contributed by atoms with E-state index in [1.165, 1.54) is 36.2 Å². The monoisotopic (exact) mass is 368 g/mol. The van der Waals surface area contributed by atoms with Crippen LogP contribution in [0.1, 0.15) is 12.5 Å². The molecular formula is C15H14ClFN4O2S. The molecule has 0 aliphatic heterocycles. The van der Waals surface area contributed by atoms with E-state index in [-0.39, 0.29) is 27.9 Å². The lowest BCUT2D eigenvalue weighted by molar-refractivity contribution is -0.138. The average molecular weight is 369 g/mol. The van der Waals surface area contributed by atoms with Crippen molar-refractivity contribution in [3.63, 3.8) is 0 Å². The summed E-state index contributed by atoms with van der Waals surface area (Å²) in [6.07, 6.45) is 3.99. The second-order valence-corrected chi connectivity index (χ2v) is 5.22. The minimum absolute atomic E-state index is 0.131. The maximum atomic E-state index is 13.6. The van der Waals surface area contributed by atoms with Gasteiger partial charge in [0.25, 0.3) is 0 Å². The first-order chi connectivity index (χ1) is 11.5. The van der Waals surface area contributed by atoms with Crippen molar-refractivity contribution in [2.75, 3.05) is 12.9 Å². The molecule has 126 valence electrons. The molecule has 1 rings (SSSR count). The number of hydrogen-bond donors (Lipinski definition) is 1. The van der Waals surface area contributed by atoms with E-state index in [2.05, 4.69) is 15.5 Å². The molecule has 0 saturated heterocycles. The highest BCUT2D eigenvalue weighted by molar-refractivity contribution is 8.13. The molecule has 1 aromatic carbocycles. The average Bonchev–Trinajstić information content (AvgIpc) is 2.56. The number of hydrazone groups is 1. The molecule has 0 spiro atoms. The van der Waals surface area contributed by atoms with Crippen molar-refractivity contribution >= 4 is 40.7 Å². The zero-order valence-corrected chi connectivity index (χ0v) is 14.5. The highest BCUT2D eigenvalue weighted by Crippen LogP contribution is 2.16. The Morgan fingerprint density at radius 3 is 2.92 bits per heavy atom. The van der Waals surface area contributed by atoms with Crippen LogP contribution in [0.3, 0.4) is 0 Å². The highest BCUT2D eigenvalue weighted by Gasteiger charge is 2.09. The summed E-state index contributed by atoms with van der Waals surface area (Å²) in [4.78, 5) is 15.4. The van der Waals surface area contributed by atoms with E-state index in [0.717, 1.165) is 6.20 Å². The third-order valence-electron chi connectivity index (χ3n) is 2.47. The SMILES string of the molecule is CCOC(=O)/C(C#N)=C/N=C(N/N=C/c1c(F)cccc1Cl)SC. The maximum Gasteiger partial charge on any atom is 0.350 e. The Balaban J connectivity index is 2.85. The Kier molecular flexibility index (Phi) is 8.54. The van der Waals surface area contributed by atoms with Crippen molar-refractivity contribution in [1.29, 1.82) is 5.26 Å². The fraction of sp³-hybridized carbons (Fsp3) is 0.200. The largest absolute Gasteiger partial charge is 0.462 e. The predicted octanol–water partition coefficient (Wildman–Crippen LogP) is 3.09. The van der Waals surface area contributed by atoms with Gasteiger partial charge in [-0.1, -0.05) is 29.4 Å². The summed E-state index contributed by atoms with van der Waals surface area (Å²) in [5.74, 6) is -1.27. The van der Waals surface area contributed by atoms with E-state index in [1.54, 1.807) is 19.2 Å². The second kappa shape index (κ2) is 10.4. The summed E-state index contributed by atoms with van der Waals surface area (Å²) in [5, 5.41) is 13.2. The van der Waals surface area contributed by atoms with E-state index in [0.29, 0.717) is 0 Å². The van der Waals surface area contributed by atoms with Crippen molar-refractivity contribution in [2.24, 2.45) is 10.1 Å². The van der Waals surface area contributed by atoms with Crippen LogP contribution < -0.4 is 5.43 Å². The molecule has 0 heterocycles. The summed E-state index contributed by atoms with van der Waals surface area (Å²) in [6, 6.07) is 5.99. The number of hydrogen-bond acceptors (Lipinski definition) is 6. The van der Waals surface area contributed by atoms with Crippen molar-refractivity contribution in [3.05, 3.63) is 46.4 Å². The number of nitrogens with zero attached hydrogens (tertiary/aromatic N) is 3. The Morgan fingerprint density at radius 1 is 1.58 bits per heavy atom. The Bertz CT molecular complexity index is 708. The molecule has 0 aliphatic carbocycles. The molecule has 0 atom stereocenters. The van der Waals surface area contributed by atoms with Crippen LogP contribution in [0.4, 0.5) is 4.39 Å². The van der Waals surface area contributed by atoms with E-state index in [1.807, 2.05) is 0 Å². The van der Waals surface area contributed by atoms with Gasteiger partial charge in [0.15, 0.2) is 10.7 Å². The Labute approximate surface area is 148 Å². The molecule has 0 fully saturated rings. The van der Waals surface area contributed by atoms with Gasteiger partial charge in [0.2, 0.25) is 0 Å². The zero-order chi connectivity index (χ0) is 17.9. The number of nitriles is 1. The van der Waals surface area contributed by atoms with Crippen LogP contribution >= 0.6 is 23.4 Å². The molecule has 24 heavy (non-hydrogen) atoms. The number of carbonyl (C=O) groups excluding carboxylic acids is 1. The van der Waals surface area contributed by atoms with Crippen molar-refractivity contribution in [3.8, 4) is 6.07 Å². The molecule has 0 amide bonds. The summed E-state index contributed by atoms with van der Waals surface area (Å²) < 4.78 is 18.3. The smallest absolute Gasteiger partial charge is 0.350 e. The maximum absolute atomic E-state index is 13.6. The number of rotatable bonds is 5. The fourth-order valence-corrected chi connectivity index (χ4v) is 1.89. The molecule has 9 heteroatoms. The van der Waals surface area contributed by atoms with E-state index < -0.39 is 11.8 Å². The van der Waals surface area contributed by atoms with Gasteiger partial charge in [-0.15, -0.1) is 0 Å². The van der Waals surface area contributed by atoms with Crippen LogP contribution in [0.5, 0.6) is 0 Å². The van der Waals surface area contributed by atoms with E-state index in [4.69, 9.17) is 21.6 Å². The summed E-state index contributed by atoms with van der Waals surface area (Å²) in [5.41, 5.74) is 2.46. The van der Waals surface area contributed by atoms with Crippen LogP contribution in [0.15, 0.2) is 40.1 Å². The standard InChI is InChI=1S/C15H14ClFN4O2S/c1-3-23-14(22)10(7-18)8-19-15(24-2)21-20-9-11-12(16)5-4-6-13(11)17/h4-6,8-9H,3H2,1-2H3,(H,19,21)/b10-8+,20-9+. The lowest BCUT2D eigenvalue weighted by atomic mass is 10.2. The second-order valence-electron chi connectivity index (χ2n) is 4.02. The van der Waals surface area contributed by atoms with Crippen LogP contribution in [0, 0.1) is 17.1 Å². The molecule has 0 aliphatic rings. The number of aliphatic imine (C=N–C) groups is 1. The number of halogens is 2. The van der Waals surface area contributed by atoms with Crippen molar-refractivity contribution < 1.29 is 13.9 Å². The third-order valence-corrected chi connectivity index (χ3v) is 3.39. The van der Waals surface area contributed by atoms with E-state index >= 15 is 0 Å². The predicted molar refractivity (Wildman–Crippen MR) is 93.4 cm³/mol. The van der Waals surface area contributed by atoms with Gasteiger partial charge in [-0.25, -0.2) is 14.2 Å². The van der Waals surface area contributed by atoms with Gasteiger partial charge in [-0.05, 0) is 25.3 Å². The number of amidine groups is 1. The number of nitrogens with one attached hydrogen (secondary N) is 1. The molecule has 0 unspecified atom stereocenters. The number of ether oxygens (including phenoxy) is 1. The molecule has 0 radical (unpaired) electrons. The van der Waals surface area contributed by atoms with Crippen LogP contribution in [-0.4, -0.2) is 30.2 Å². The zero-order valence-electron chi connectivity index (χ0n) is 12.9. The first kappa shape index (κ1) is 19.7. The van der Waals surface area contributed by atoms with Gasteiger partial charge >= 0.3 is 5.97 Å². The third kappa shape index (κ3) is 6.02. The quantitative estimate of drug-likeness (QED) is 0.215. The normalized spacial score (nSPS) is 12.1. The van der Waals surface area contributed by atoms with Crippen LogP contribution in [-0.2, 0) is 9.53 Å². The van der Waals surface area contributed by atoms with Crippen molar-refractivity contribution in [1.82, 2.24) is 5.43 Å². The fourth-order valence-electron chi connectivity index (χ4n) is 1.37. The molecule has 1 N–H and O–H groups in total. The molecule has 6 nitrogen and oxygen atoms in total. The van der Waals surface area contributed by atoms with Crippen molar-refractivity contribution in [2.45, 2.75) is 6.92 Å². The highest BCUT2D eigenvalue weighted by atomic mass is 35.5. The van der Waals surface area contributed by atoms with Gasteiger partial charge < -0.3 is 4.74 Å². The van der Waals surface area contributed by atoms with Gasteiger partial charge in [-0.2, -0.15) is 10.4 Å². The first-order valence-electron chi connectivity index (χ1n) is 6.65. The number of carbonyl (C=O) groups is 1.